The highest BCUT2D eigenvalue weighted by Crippen LogP contribution is 2.13. The molecule has 0 unspecified atom stereocenters. The first-order valence-electron chi connectivity index (χ1n) is 8.35. The summed E-state index contributed by atoms with van der Waals surface area (Å²) in [6.07, 6.45) is 9.11. The van der Waals surface area contributed by atoms with Crippen molar-refractivity contribution in [1.82, 2.24) is 19.9 Å². The van der Waals surface area contributed by atoms with Gasteiger partial charge in [0, 0.05) is 44.8 Å². The second-order valence-corrected chi connectivity index (χ2v) is 5.77. The SMILES string of the molecule is O=C(NCCCCn1ccnc1)c1ccc(N2CCOCC2)nc1. The third-order valence-corrected chi connectivity index (χ3v) is 4.03. The zero-order valence-corrected chi connectivity index (χ0v) is 13.7. The Hall–Kier alpha value is -2.41. The summed E-state index contributed by atoms with van der Waals surface area (Å²) in [6.45, 7) is 4.72. The molecule has 0 aliphatic carbocycles. The lowest BCUT2D eigenvalue weighted by Crippen LogP contribution is -2.36. The Kier molecular flexibility index (Phi) is 5.79. The summed E-state index contributed by atoms with van der Waals surface area (Å²) in [4.78, 5) is 22.7. The van der Waals surface area contributed by atoms with Crippen LogP contribution in [0.4, 0.5) is 5.82 Å². The largest absolute Gasteiger partial charge is 0.378 e. The van der Waals surface area contributed by atoms with Crippen molar-refractivity contribution in [3.63, 3.8) is 0 Å². The average molecular weight is 329 g/mol. The fourth-order valence-electron chi connectivity index (χ4n) is 2.64. The molecule has 1 N–H and O–H groups in total. The number of unbranched alkanes of at least 4 members (excludes halogenated alkanes) is 1. The molecule has 0 saturated carbocycles. The van der Waals surface area contributed by atoms with Crippen molar-refractivity contribution in [2.24, 2.45) is 0 Å². The highest BCUT2D eigenvalue weighted by atomic mass is 16.5. The number of rotatable bonds is 7. The van der Waals surface area contributed by atoms with Gasteiger partial charge in [0.1, 0.15) is 5.82 Å². The molecule has 0 spiro atoms. The molecule has 7 nitrogen and oxygen atoms in total. The number of ether oxygens (including phenoxy) is 1. The number of nitrogens with zero attached hydrogens (tertiary/aromatic N) is 4. The van der Waals surface area contributed by atoms with Crippen LogP contribution in [-0.2, 0) is 11.3 Å². The van der Waals surface area contributed by atoms with E-state index >= 15 is 0 Å². The second kappa shape index (κ2) is 8.44. The van der Waals surface area contributed by atoms with Gasteiger partial charge in [0.05, 0.1) is 25.1 Å². The molecule has 3 heterocycles. The topological polar surface area (TPSA) is 72.3 Å². The van der Waals surface area contributed by atoms with Crippen molar-refractivity contribution in [2.75, 3.05) is 37.7 Å². The minimum absolute atomic E-state index is 0.0707. The van der Waals surface area contributed by atoms with Crippen molar-refractivity contribution >= 4 is 11.7 Å². The van der Waals surface area contributed by atoms with Crippen molar-refractivity contribution in [3.05, 3.63) is 42.6 Å². The van der Waals surface area contributed by atoms with Crippen LogP contribution in [0.2, 0.25) is 0 Å². The fourth-order valence-corrected chi connectivity index (χ4v) is 2.64. The fraction of sp³-hybridized carbons (Fsp3) is 0.471. The predicted octanol–water partition coefficient (Wildman–Crippen LogP) is 1.32. The van der Waals surface area contributed by atoms with Crippen molar-refractivity contribution in [2.45, 2.75) is 19.4 Å². The summed E-state index contributed by atoms with van der Waals surface area (Å²) in [6, 6.07) is 3.73. The van der Waals surface area contributed by atoms with Crippen LogP contribution in [0.5, 0.6) is 0 Å². The number of amides is 1. The van der Waals surface area contributed by atoms with Gasteiger partial charge < -0.3 is 19.5 Å². The molecule has 128 valence electrons. The molecule has 0 aromatic carbocycles. The Morgan fingerprint density at radius 3 is 2.83 bits per heavy atom. The number of aryl methyl sites for hydroxylation is 1. The van der Waals surface area contributed by atoms with Crippen LogP contribution in [-0.4, -0.2) is 53.3 Å². The van der Waals surface area contributed by atoms with Gasteiger partial charge in [-0.3, -0.25) is 4.79 Å². The van der Waals surface area contributed by atoms with Gasteiger partial charge in [0.15, 0.2) is 0 Å². The standard InChI is InChI=1S/C17H23N5O2/c23-17(19-5-1-2-7-21-8-6-18-14-21)15-3-4-16(20-13-15)22-9-11-24-12-10-22/h3-4,6,8,13-14H,1-2,5,7,9-12H2,(H,19,23). The molecule has 1 aliphatic heterocycles. The minimum atomic E-state index is -0.0707. The van der Waals surface area contributed by atoms with Crippen molar-refractivity contribution in [1.29, 1.82) is 0 Å². The number of nitrogens with one attached hydrogen (secondary N) is 1. The lowest BCUT2D eigenvalue weighted by atomic mass is 10.2. The van der Waals surface area contributed by atoms with E-state index < -0.39 is 0 Å². The number of anilines is 1. The quantitative estimate of drug-likeness (QED) is 0.776. The first-order valence-corrected chi connectivity index (χ1v) is 8.35. The first kappa shape index (κ1) is 16.4. The molecule has 0 radical (unpaired) electrons. The van der Waals surface area contributed by atoms with Crippen LogP contribution in [0.15, 0.2) is 37.1 Å². The first-order chi connectivity index (χ1) is 11.8. The van der Waals surface area contributed by atoms with Gasteiger partial charge >= 0.3 is 0 Å². The van der Waals surface area contributed by atoms with Gasteiger partial charge in [-0.1, -0.05) is 0 Å². The van der Waals surface area contributed by atoms with E-state index in [9.17, 15) is 4.79 Å². The molecular formula is C17H23N5O2. The monoisotopic (exact) mass is 329 g/mol. The van der Waals surface area contributed by atoms with E-state index in [1.54, 1.807) is 18.7 Å². The van der Waals surface area contributed by atoms with Crippen LogP contribution in [0.25, 0.3) is 0 Å². The highest BCUT2D eigenvalue weighted by molar-refractivity contribution is 5.94. The number of aromatic nitrogens is 3. The van der Waals surface area contributed by atoms with Gasteiger partial charge in [-0.15, -0.1) is 0 Å². The van der Waals surface area contributed by atoms with Gasteiger partial charge in [-0.25, -0.2) is 9.97 Å². The number of carbonyl (C=O) groups is 1. The van der Waals surface area contributed by atoms with E-state index in [1.165, 1.54) is 0 Å². The molecule has 24 heavy (non-hydrogen) atoms. The average Bonchev–Trinajstić information content (AvgIpc) is 3.16. The summed E-state index contributed by atoms with van der Waals surface area (Å²) in [7, 11) is 0. The molecule has 1 aliphatic rings. The number of morpholine rings is 1. The van der Waals surface area contributed by atoms with Crippen molar-refractivity contribution < 1.29 is 9.53 Å². The maximum absolute atomic E-state index is 12.1. The molecule has 1 fully saturated rings. The number of carbonyl (C=O) groups excluding carboxylic acids is 1. The van der Waals surface area contributed by atoms with E-state index in [-0.39, 0.29) is 5.91 Å². The Labute approximate surface area is 141 Å². The molecule has 7 heteroatoms. The van der Waals surface area contributed by atoms with Crippen LogP contribution in [0.3, 0.4) is 0 Å². The summed E-state index contributed by atoms with van der Waals surface area (Å²) in [5, 5.41) is 2.94. The summed E-state index contributed by atoms with van der Waals surface area (Å²) >= 11 is 0. The second-order valence-electron chi connectivity index (χ2n) is 5.77. The van der Waals surface area contributed by atoms with Gasteiger partial charge in [-0.2, -0.15) is 0 Å². The Balaban J connectivity index is 1.39. The van der Waals surface area contributed by atoms with Gasteiger partial charge in [0.2, 0.25) is 0 Å². The number of imidazole rings is 1. The third kappa shape index (κ3) is 4.55. The maximum atomic E-state index is 12.1. The minimum Gasteiger partial charge on any atom is -0.378 e. The van der Waals surface area contributed by atoms with Crippen LogP contribution in [0, 0.1) is 0 Å². The van der Waals surface area contributed by atoms with Crippen LogP contribution >= 0.6 is 0 Å². The molecule has 1 saturated heterocycles. The molecular weight excluding hydrogens is 306 g/mol. The predicted molar refractivity (Wildman–Crippen MR) is 91.1 cm³/mol. The Morgan fingerprint density at radius 2 is 2.12 bits per heavy atom. The van der Waals surface area contributed by atoms with Gasteiger partial charge in [0.25, 0.3) is 5.91 Å². The van der Waals surface area contributed by atoms with E-state index in [2.05, 4.69) is 20.2 Å². The summed E-state index contributed by atoms with van der Waals surface area (Å²) < 4.78 is 7.37. The Bertz CT molecular complexity index is 621. The van der Waals surface area contributed by atoms with E-state index in [4.69, 9.17) is 4.74 Å². The molecule has 3 rings (SSSR count). The smallest absolute Gasteiger partial charge is 0.252 e. The molecule has 0 atom stereocenters. The zero-order chi connectivity index (χ0) is 16.6. The van der Waals surface area contributed by atoms with Crippen LogP contribution < -0.4 is 10.2 Å². The highest BCUT2D eigenvalue weighted by Gasteiger charge is 2.13. The Morgan fingerprint density at radius 1 is 1.25 bits per heavy atom. The van der Waals surface area contributed by atoms with Crippen molar-refractivity contribution in [3.8, 4) is 0 Å². The molecule has 2 aromatic heterocycles. The summed E-state index contributed by atoms with van der Waals surface area (Å²) in [5.74, 6) is 0.828. The van der Waals surface area contributed by atoms with E-state index in [0.29, 0.717) is 12.1 Å². The van der Waals surface area contributed by atoms with E-state index in [1.807, 2.05) is 22.9 Å². The molecule has 2 aromatic rings. The van der Waals surface area contributed by atoms with Crippen LogP contribution in [0.1, 0.15) is 23.2 Å². The number of pyridine rings is 1. The zero-order valence-electron chi connectivity index (χ0n) is 13.7. The molecule has 1 amide bonds. The normalized spacial score (nSPS) is 14.6. The maximum Gasteiger partial charge on any atom is 0.252 e. The van der Waals surface area contributed by atoms with E-state index in [0.717, 1.165) is 51.5 Å². The summed E-state index contributed by atoms with van der Waals surface area (Å²) in [5.41, 5.74) is 0.599. The third-order valence-electron chi connectivity index (χ3n) is 4.03. The molecule has 0 bridgehead atoms. The number of hydrogen-bond acceptors (Lipinski definition) is 5. The lowest BCUT2D eigenvalue weighted by molar-refractivity contribution is 0.0952. The van der Waals surface area contributed by atoms with Gasteiger partial charge in [-0.05, 0) is 25.0 Å². The lowest BCUT2D eigenvalue weighted by Gasteiger charge is -2.27. The number of hydrogen-bond donors (Lipinski definition) is 1.